The van der Waals surface area contributed by atoms with Crippen LogP contribution in [-0.4, -0.2) is 56.0 Å². The molecular formula is C21H24Cl2N6O. The molecule has 1 spiro atoms. The Labute approximate surface area is 185 Å². The van der Waals surface area contributed by atoms with Crippen molar-refractivity contribution < 1.29 is 4.74 Å². The highest BCUT2D eigenvalue weighted by Crippen LogP contribution is 2.49. The van der Waals surface area contributed by atoms with E-state index in [1.807, 2.05) is 30.2 Å². The van der Waals surface area contributed by atoms with Gasteiger partial charge in [-0.2, -0.15) is 5.10 Å². The Kier molecular flexibility index (Phi) is 5.31. The molecule has 2 aromatic heterocycles. The van der Waals surface area contributed by atoms with Crippen molar-refractivity contribution in [2.24, 2.45) is 12.5 Å². The Morgan fingerprint density at radius 1 is 1.17 bits per heavy atom. The summed E-state index contributed by atoms with van der Waals surface area (Å²) < 4.78 is 9.33. The molecule has 1 atom stereocenters. The van der Waals surface area contributed by atoms with Crippen molar-refractivity contribution in [1.82, 2.24) is 29.7 Å². The summed E-state index contributed by atoms with van der Waals surface area (Å²) in [5, 5.41) is 14.1. The molecule has 5 rings (SSSR count). The van der Waals surface area contributed by atoms with Crippen molar-refractivity contribution in [3.05, 3.63) is 58.1 Å². The van der Waals surface area contributed by atoms with Gasteiger partial charge in [-0.1, -0.05) is 28.4 Å². The van der Waals surface area contributed by atoms with Gasteiger partial charge in [-0.15, -0.1) is 5.10 Å². The molecule has 9 heteroatoms. The fraction of sp³-hybridized carbons (Fsp3) is 0.476. The third-order valence-corrected chi connectivity index (χ3v) is 7.17. The van der Waals surface area contributed by atoms with Crippen molar-refractivity contribution in [3.63, 3.8) is 0 Å². The van der Waals surface area contributed by atoms with Crippen LogP contribution in [0.4, 0.5) is 0 Å². The molecule has 0 bridgehead atoms. The molecule has 3 aromatic rings. The van der Waals surface area contributed by atoms with E-state index in [2.05, 4.69) is 26.5 Å². The van der Waals surface area contributed by atoms with Gasteiger partial charge in [0.05, 0.1) is 33.8 Å². The van der Waals surface area contributed by atoms with Crippen LogP contribution < -0.4 is 0 Å². The first kappa shape index (κ1) is 20.0. The fourth-order valence-corrected chi connectivity index (χ4v) is 5.20. The second kappa shape index (κ2) is 7.96. The standard InChI is InChI=1S/C21H24Cl2N6O/c1-27-10-15(9-24-27)18-13-28(14-21(18)4-6-30-7-5-21)11-16-12-29(26-25-16)17-2-3-19(22)20(23)8-17/h2-3,8-10,12,18H,4-7,11,13-14H2,1H3. The summed E-state index contributed by atoms with van der Waals surface area (Å²) >= 11 is 12.2. The zero-order chi connectivity index (χ0) is 20.7. The van der Waals surface area contributed by atoms with E-state index >= 15 is 0 Å². The highest BCUT2D eigenvalue weighted by molar-refractivity contribution is 6.42. The van der Waals surface area contributed by atoms with Crippen molar-refractivity contribution in [2.45, 2.75) is 25.3 Å². The van der Waals surface area contributed by atoms with Gasteiger partial charge in [-0.3, -0.25) is 9.58 Å². The Bertz CT molecular complexity index is 1040. The number of rotatable bonds is 4. The first-order valence-corrected chi connectivity index (χ1v) is 10.9. The summed E-state index contributed by atoms with van der Waals surface area (Å²) in [4.78, 5) is 2.49. The largest absolute Gasteiger partial charge is 0.381 e. The molecular weight excluding hydrogens is 423 g/mol. The van der Waals surface area contributed by atoms with E-state index in [9.17, 15) is 0 Å². The average molecular weight is 447 g/mol. The van der Waals surface area contributed by atoms with Crippen LogP contribution in [0, 0.1) is 5.41 Å². The smallest absolute Gasteiger partial charge is 0.0971 e. The number of hydrogen-bond acceptors (Lipinski definition) is 5. The zero-order valence-electron chi connectivity index (χ0n) is 16.8. The van der Waals surface area contributed by atoms with Crippen molar-refractivity contribution in [2.75, 3.05) is 26.3 Å². The predicted molar refractivity (Wildman–Crippen MR) is 115 cm³/mol. The second-order valence-electron chi connectivity index (χ2n) is 8.40. The lowest BCUT2D eigenvalue weighted by molar-refractivity contribution is 0.0118. The van der Waals surface area contributed by atoms with Crippen LogP contribution in [0.25, 0.3) is 5.69 Å². The zero-order valence-corrected chi connectivity index (χ0v) is 18.4. The molecule has 2 saturated heterocycles. The lowest BCUT2D eigenvalue weighted by Crippen LogP contribution is -2.36. The van der Waals surface area contributed by atoms with Gasteiger partial charge in [0, 0.05) is 52.0 Å². The molecule has 0 amide bonds. The molecule has 2 aliphatic rings. The number of likely N-dealkylation sites (tertiary alicyclic amines) is 1. The SMILES string of the molecule is Cn1cc(C2CN(Cc3cn(-c4ccc(Cl)c(Cl)c4)nn3)CC23CCOCC3)cn1. The number of aryl methyl sites for hydroxylation is 1. The Hall–Kier alpha value is -1.93. The van der Waals surface area contributed by atoms with Crippen LogP contribution in [0.3, 0.4) is 0 Å². The maximum Gasteiger partial charge on any atom is 0.0971 e. The van der Waals surface area contributed by atoms with Gasteiger partial charge >= 0.3 is 0 Å². The van der Waals surface area contributed by atoms with E-state index in [0.717, 1.165) is 57.1 Å². The van der Waals surface area contributed by atoms with Gasteiger partial charge in [-0.25, -0.2) is 4.68 Å². The molecule has 1 unspecified atom stereocenters. The number of ether oxygens (including phenoxy) is 1. The van der Waals surface area contributed by atoms with Crippen molar-refractivity contribution >= 4 is 23.2 Å². The molecule has 1 aromatic carbocycles. The Morgan fingerprint density at radius 2 is 2.00 bits per heavy atom. The van der Waals surface area contributed by atoms with E-state index in [1.165, 1.54) is 5.56 Å². The van der Waals surface area contributed by atoms with Crippen molar-refractivity contribution in [3.8, 4) is 5.69 Å². The number of halogens is 2. The van der Waals surface area contributed by atoms with E-state index < -0.39 is 0 Å². The first-order valence-electron chi connectivity index (χ1n) is 10.2. The Morgan fingerprint density at radius 3 is 2.73 bits per heavy atom. The average Bonchev–Trinajstić information content (AvgIpc) is 3.45. The van der Waals surface area contributed by atoms with Crippen LogP contribution in [0.1, 0.15) is 30.0 Å². The van der Waals surface area contributed by atoms with Crippen LogP contribution in [0.2, 0.25) is 10.0 Å². The van der Waals surface area contributed by atoms with E-state index in [1.54, 1.807) is 16.8 Å². The highest BCUT2D eigenvalue weighted by atomic mass is 35.5. The number of benzene rings is 1. The van der Waals surface area contributed by atoms with E-state index in [0.29, 0.717) is 16.0 Å². The first-order chi connectivity index (χ1) is 14.5. The van der Waals surface area contributed by atoms with Crippen LogP contribution >= 0.6 is 23.2 Å². The molecule has 0 saturated carbocycles. The lowest BCUT2D eigenvalue weighted by atomic mass is 9.70. The molecule has 2 fully saturated rings. The van der Waals surface area contributed by atoms with Gasteiger partial charge in [0.2, 0.25) is 0 Å². The van der Waals surface area contributed by atoms with Gasteiger partial charge in [0.15, 0.2) is 0 Å². The topological polar surface area (TPSA) is 61.0 Å². The maximum atomic E-state index is 6.15. The van der Waals surface area contributed by atoms with E-state index in [4.69, 9.17) is 27.9 Å². The molecule has 2 aliphatic heterocycles. The number of nitrogens with zero attached hydrogens (tertiary/aromatic N) is 6. The quantitative estimate of drug-likeness (QED) is 0.611. The normalized spacial score (nSPS) is 21.5. The van der Waals surface area contributed by atoms with Gasteiger partial charge in [0.25, 0.3) is 0 Å². The monoisotopic (exact) mass is 446 g/mol. The fourth-order valence-electron chi connectivity index (χ4n) is 4.91. The minimum absolute atomic E-state index is 0.237. The second-order valence-corrected chi connectivity index (χ2v) is 9.21. The summed E-state index contributed by atoms with van der Waals surface area (Å²) in [7, 11) is 1.98. The van der Waals surface area contributed by atoms with Gasteiger partial charge < -0.3 is 4.74 Å². The summed E-state index contributed by atoms with van der Waals surface area (Å²) in [5.74, 6) is 0.459. The molecule has 7 nitrogen and oxygen atoms in total. The third-order valence-electron chi connectivity index (χ3n) is 6.43. The van der Waals surface area contributed by atoms with Gasteiger partial charge in [-0.05, 0) is 42.0 Å². The summed E-state index contributed by atoms with van der Waals surface area (Å²) in [6, 6.07) is 5.46. The molecule has 0 aliphatic carbocycles. The predicted octanol–water partition coefficient (Wildman–Crippen LogP) is 3.70. The molecule has 0 radical (unpaired) electrons. The molecule has 30 heavy (non-hydrogen) atoms. The number of hydrogen-bond donors (Lipinski definition) is 0. The minimum Gasteiger partial charge on any atom is -0.381 e. The van der Waals surface area contributed by atoms with Crippen LogP contribution in [-0.2, 0) is 18.3 Å². The summed E-state index contributed by atoms with van der Waals surface area (Å²) in [5.41, 5.74) is 3.34. The van der Waals surface area contributed by atoms with Crippen LogP contribution in [0.5, 0.6) is 0 Å². The highest BCUT2D eigenvalue weighted by Gasteiger charge is 2.48. The molecule has 4 heterocycles. The summed E-state index contributed by atoms with van der Waals surface area (Å²) in [6.45, 7) is 4.46. The lowest BCUT2D eigenvalue weighted by Gasteiger charge is -2.38. The maximum absolute atomic E-state index is 6.15. The minimum atomic E-state index is 0.237. The Balaban J connectivity index is 1.35. The van der Waals surface area contributed by atoms with Gasteiger partial charge in [0.1, 0.15) is 0 Å². The van der Waals surface area contributed by atoms with E-state index in [-0.39, 0.29) is 5.41 Å². The third kappa shape index (κ3) is 3.75. The number of aromatic nitrogens is 5. The summed E-state index contributed by atoms with van der Waals surface area (Å²) in [6.07, 6.45) is 8.31. The molecule has 158 valence electrons. The van der Waals surface area contributed by atoms with Crippen LogP contribution in [0.15, 0.2) is 36.8 Å². The molecule has 0 N–H and O–H groups in total. The van der Waals surface area contributed by atoms with Crippen molar-refractivity contribution in [1.29, 1.82) is 0 Å².